The average Bonchev–Trinajstić information content (AvgIpc) is 3.15. The molecule has 138 valence electrons. The van der Waals surface area contributed by atoms with E-state index in [2.05, 4.69) is 10.5 Å². The summed E-state index contributed by atoms with van der Waals surface area (Å²) in [5, 5.41) is 6.45. The Hall–Kier alpha value is -2.68. The third-order valence-electron chi connectivity index (χ3n) is 4.05. The number of sulfone groups is 1. The van der Waals surface area contributed by atoms with Crippen molar-refractivity contribution in [3.63, 3.8) is 0 Å². The first kappa shape index (κ1) is 18.1. The molecule has 0 bridgehead atoms. The molecule has 1 aromatic heterocycles. The summed E-state index contributed by atoms with van der Waals surface area (Å²) in [5.74, 6) is -1.02. The molecular formula is C17H18N2O6S. The van der Waals surface area contributed by atoms with E-state index in [1.54, 1.807) is 31.2 Å². The number of rotatable bonds is 5. The van der Waals surface area contributed by atoms with E-state index in [0.29, 0.717) is 17.7 Å². The number of esters is 1. The second kappa shape index (κ2) is 7.28. The normalized spacial score (nSPS) is 18.4. The SMILES string of the molecule is Cc1onc(-c2ccccc2)c1C(=O)OCC(=O)N[C@@H]1CCS(=O)(=O)C1. The lowest BCUT2D eigenvalue weighted by atomic mass is 10.1. The van der Waals surface area contributed by atoms with Crippen molar-refractivity contribution in [2.24, 2.45) is 0 Å². The summed E-state index contributed by atoms with van der Waals surface area (Å²) in [7, 11) is -3.09. The Morgan fingerprint density at radius 1 is 1.31 bits per heavy atom. The quantitative estimate of drug-likeness (QED) is 0.775. The molecule has 1 amide bonds. The first-order valence-corrected chi connectivity index (χ1v) is 9.86. The van der Waals surface area contributed by atoms with Crippen molar-refractivity contribution >= 4 is 21.7 Å². The van der Waals surface area contributed by atoms with E-state index in [0.717, 1.165) is 0 Å². The first-order valence-electron chi connectivity index (χ1n) is 8.04. The highest BCUT2D eigenvalue weighted by atomic mass is 32.2. The number of ether oxygens (including phenoxy) is 1. The molecule has 1 fully saturated rings. The number of aryl methyl sites for hydroxylation is 1. The molecule has 1 aromatic carbocycles. The molecule has 2 heterocycles. The van der Waals surface area contributed by atoms with Crippen LogP contribution in [0.25, 0.3) is 11.3 Å². The number of hydrogen-bond donors (Lipinski definition) is 1. The van der Waals surface area contributed by atoms with Crippen molar-refractivity contribution in [3.8, 4) is 11.3 Å². The van der Waals surface area contributed by atoms with Crippen molar-refractivity contribution in [3.05, 3.63) is 41.7 Å². The van der Waals surface area contributed by atoms with E-state index in [4.69, 9.17) is 9.26 Å². The third kappa shape index (κ3) is 4.10. The summed E-state index contributed by atoms with van der Waals surface area (Å²) < 4.78 is 32.9. The second-order valence-corrected chi connectivity index (χ2v) is 8.30. The molecular weight excluding hydrogens is 360 g/mol. The fourth-order valence-electron chi connectivity index (χ4n) is 2.79. The number of hydrogen-bond acceptors (Lipinski definition) is 7. The maximum absolute atomic E-state index is 12.4. The van der Waals surface area contributed by atoms with Gasteiger partial charge in [-0.1, -0.05) is 35.5 Å². The zero-order valence-corrected chi connectivity index (χ0v) is 14.9. The van der Waals surface area contributed by atoms with Crippen LogP contribution in [0.3, 0.4) is 0 Å². The van der Waals surface area contributed by atoms with Crippen LogP contribution in [0.5, 0.6) is 0 Å². The van der Waals surface area contributed by atoms with Gasteiger partial charge < -0.3 is 14.6 Å². The summed E-state index contributed by atoms with van der Waals surface area (Å²) in [6.07, 6.45) is 0.366. The molecule has 0 radical (unpaired) electrons. The average molecular weight is 378 g/mol. The van der Waals surface area contributed by atoms with Crippen LogP contribution in [0.2, 0.25) is 0 Å². The first-order chi connectivity index (χ1) is 12.4. The van der Waals surface area contributed by atoms with Crippen molar-refractivity contribution in [1.29, 1.82) is 0 Å². The van der Waals surface area contributed by atoms with E-state index < -0.39 is 34.4 Å². The predicted molar refractivity (Wildman–Crippen MR) is 92.2 cm³/mol. The van der Waals surface area contributed by atoms with Crippen LogP contribution in [0.15, 0.2) is 34.9 Å². The van der Waals surface area contributed by atoms with Gasteiger partial charge in [-0.05, 0) is 13.3 Å². The summed E-state index contributed by atoms with van der Waals surface area (Å²) in [5.41, 5.74) is 1.19. The van der Waals surface area contributed by atoms with Gasteiger partial charge in [0.2, 0.25) is 0 Å². The summed E-state index contributed by atoms with van der Waals surface area (Å²) in [6, 6.07) is 8.56. The molecule has 0 aliphatic carbocycles. The van der Waals surface area contributed by atoms with Crippen LogP contribution >= 0.6 is 0 Å². The molecule has 1 aliphatic heterocycles. The van der Waals surface area contributed by atoms with Gasteiger partial charge in [-0.3, -0.25) is 4.79 Å². The lowest BCUT2D eigenvalue weighted by Crippen LogP contribution is -2.38. The standard InChI is InChI=1S/C17H18N2O6S/c1-11-15(16(19-25-11)12-5-3-2-4-6-12)17(21)24-9-14(20)18-13-7-8-26(22,23)10-13/h2-6,13H,7-10H2,1H3,(H,18,20)/t13-/m1/s1. The van der Waals surface area contributed by atoms with E-state index in [9.17, 15) is 18.0 Å². The molecule has 8 nitrogen and oxygen atoms in total. The minimum Gasteiger partial charge on any atom is -0.452 e. The Bertz CT molecular complexity index is 920. The molecule has 1 saturated heterocycles. The van der Waals surface area contributed by atoms with Gasteiger partial charge in [0.1, 0.15) is 17.0 Å². The number of carbonyl (C=O) groups excluding carboxylic acids is 2. The predicted octanol–water partition coefficient (Wildman–Crippen LogP) is 1.11. The zero-order chi connectivity index (χ0) is 18.7. The van der Waals surface area contributed by atoms with Crippen molar-refractivity contribution in [2.45, 2.75) is 19.4 Å². The molecule has 1 aliphatic rings. The Morgan fingerprint density at radius 3 is 2.69 bits per heavy atom. The Kier molecular flexibility index (Phi) is 5.08. The summed E-state index contributed by atoms with van der Waals surface area (Å²) >= 11 is 0. The molecule has 0 spiro atoms. The largest absolute Gasteiger partial charge is 0.452 e. The lowest BCUT2D eigenvalue weighted by molar-refractivity contribution is -0.124. The third-order valence-corrected chi connectivity index (χ3v) is 5.81. The van der Waals surface area contributed by atoms with Gasteiger partial charge in [-0.15, -0.1) is 0 Å². The van der Waals surface area contributed by atoms with E-state index in [-0.39, 0.29) is 22.8 Å². The smallest absolute Gasteiger partial charge is 0.344 e. The minimum atomic E-state index is -3.09. The molecule has 1 atom stereocenters. The molecule has 1 N–H and O–H groups in total. The van der Waals surface area contributed by atoms with Crippen LogP contribution in [-0.2, 0) is 19.4 Å². The van der Waals surface area contributed by atoms with Crippen LogP contribution < -0.4 is 5.32 Å². The highest BCUT2D eigenvalue weighted by Crippen LogP contribution is 2.25. The monoisotopic (exact) mass is 378 g/mol. The topological polar surface area (TPSA) is 116 Å². The number of aromatic nitrogens is 1. The van der Waals surface area contributed by atoms with Gasteiger partial charge in [-0.2, -0.15) is 0 Å². The number of nitrogens with zero attached hydrogens (tertiary/aromatic N) is 1. The van der Waals surface area contributed by atoms with E-state index >= 15 is 0 Å². The Labute approximate surface area is 150 Å². The van der Waals surface area contributed by atoms with E-state index in [1.165, 1.54) is 0 Å². The maximum atomic E-state index is 12.4. The van der Waals surface area contributed by atoms with Crippen LogP contribution in [0.4, 0.5) is 0 Å². The Balaban J connectivity index is 1.62. The molecule has 0 saturated carbocycles. The number of benzene rings is 1. The highest BCUT2D eigenvalue weighted by molar-refractivity contribution is 7.91. The Morgan fingerprint density at radius 2 is 2.04 bits per heavy atom. The molecule has 2 aromatic rings. The number of amides is 1. The molecule has 3 rings (SSSR count). The summed E-state index contributed by atoms with van der Waals surface area (Å²) in [4.78, 5) is 24.3. The number of nitrogens with one attached hydrogen (secondary N) is 1. The fourth-order valence-corrected chi connectivity index (χ4v) is 4.46. The fraction of sp³-hybridized carbons (Fsp3) is 0.353. The molecule has 26 heavy (non-hydrogen) atoms. The van der Waals surface area contributed by atoms with Crippen LogP contribution in [0, 0.1) is 6.92 Å². The summed E-state index contributed by atoms with van der Waals surface area (Å²) in [6.45, 7) is 1.08. The van der Waals surface area contributed by atoms with Gasteiger partial charge in [0, 0.05) is 11.6 Å². The number of carbonyl (C=O) groups is 2. The highest BCUT2D eigenvalue weighted by Gasteiger charge is 2.29. The van der Waals surface area contributed by atoms with Gasteiger partial charge >= 0.3 is 5.97 Å². The van der Waals surface area contributed by atoms with Crippen molar-refractivity contribution in [2.75, 3.05) is 18.1 Å². The van der Waals surface area contributed by atoms with Gasteiger partial charge in [-0.25, -0.2) is 13.2 Å². The van der Waals surface area contributed by atoms with Crippen LogP contribution in [-0.4, -0.2) is 49.6 Å². The van der Waals surface area contributed by atoms with E-state index in [1.807, 2.05) is 6.07 Å². The minimum absolute atomic E-state index is 0.0536. The lowest BCUT2D eigenvalue weighted by Gasteiger charge is -2.11. The second-order valence-electron chi connectivity index (χ2n) is 6.07. The van der Waals surface area contributed by atoms with Gasteiger partial charge in [0.15, 0.2) is 16.4 Å². The molecule has 9 heteroatoms. The molecule has 0 unspecified atom stereocenters. The van der Waals surface area contributed by atoms with Gasteiger partial charge in [0.25, 0.3) is 5.91 Å². The van der Waals surface area contributed by atoms with Crippen molar-refractivity contribution in [1.82, 2.24) is 10.5 Å². The zero-order valence-electron chi connectivity index (χ0n) is 14.1. The van der Waals surface area contributed by atoms with Gasteiger partial charge in [0.05, 0.1) is 11.5 Å². The van der Waals surface area contributed by atoms with Crippen LogP contribution in [0.1, 0.15) is 22.5 Å². The van der Waals surface area contributed by atoms with Crippen molar-refractivity contribution < 1.29 is 27.3 Å². The maximum Gasteiger partial charge on any atom is 0.344 e.